The van der Waals surface area contributed by atoms with Gasteiger partial charge in [0.25, 0.3) is 0 Å². The van der Waals surface area contributed by atoms with Gasteiger partial charge in [-0.2, -0.15) is 0 Å². The molecule has 0 bridgehead atoms. The minimum atomic E-state index is -4.07. The molecule has 1 fully saturated rings. The molecule has 2 atom stereocenters. The molecule has 2 aromatic carbocycles. The van der Waals surface area contributed by atoms with E-state index in [2.05, 4.69) is 13.8 Å². The molecule has 33 heavy (non-hydrogen) atoms. The topological polar surface area (TPSA) is 59.4 Å². The van der Waals surface area contributed by atoms with Crippen LogP contribution >= 0.6 is 0 Å². The van der Waals surface area contributed by atoms with Gasteiger partial charge in [-0.1, -0.05) is 31.5 Å². The summed E-state index contributed by atoms with van der Waals surface area (Å²) < 4.78 is 43.9. The smallest absolute Gasteiger partial charge is 0.212 e. The number of anilines is 1. The molecule has 0 unspecified atom stereocenters. The van der Waals surface area contributed by atoms with E-state index in [1.807, 2.05) is 18.7 Å². The van der Waals surface area contributed by atoms with Crippen LogP contribution in [0.1, 0.15) is 38.3 Å². The second kappa shape index (κ2) is 8.60. The van der Waals surface area contributed by atoms with Gasteiger partial charge in [0.15, 0.2) is 0 Å². The molecule has 0 radical (unpaired) electrons. The summed E-state index contributed by atoms with van der Waals surface area (Å²) in [6.07, 6.45) is 2.51. The predicted molar refractivity (Wildman–Crippen MR) is 130 cm³/mol. The van der Waals surface area contributed by atoms with Gasteiger partial charge < -0.3 is 9.47 Å². The Kier molecular flexibility index (Phi) is 6.12. The molecule has 0 spiro atoms. The fourth-order valence-electron chi connectivity index (χ4n) is 5.15. The molecule has 3 aromatic rings. The van der Waals surface area contributed by atoms with Crippen LogP contribution in [0.2, 0.25) is 0 Å². The van der Waals surface area contributed by atoms with E-state index in [1.54, 1.807) is 29.7 Å². The van der Waals surface area contributed by atoms with Crippen LogP contribution in [0.15, 0.2) is 51.1 Å². The molecular weight excluding hydrogens is 439 g/mol. The first-order chi connectivity index (χ1) is 15.5. The SMILES string of the molecule is CCn1cc(S(=O)(=O)c2ccc(C)cc2C)c(=O)c2cc(F)c(N3C[C@H](C)C[C@H](C)C3)cc21. The standard InChI is InChI=1S/C26H31FN2O3S/c1-6-28-15-25(33(31,32)24-8-7-16(2)10-19(24)5)26(30)20-11-21(27)23(12-22(20)28)29-13-17(3)9-18(4)14-29/h7-8,10-12,15,17-18H,6,9,13-14H2,1-5H3/t17-,18+. The summed E-state index contributed by atoms with van der Waals surface area (Å²) in [6, 6.07) is 7.94. The third-order valence-electron chi connectivity index (χ3n) is 6.58. The van der Waals surface area contributed by atoms with Gasteiger partial charge in [0, 0.05) is 25.8 Å². The molecule has 1 aliphatic heterocycles. The molecule has 1 saturated heterocycles. The van der Waals surface area contributed by atoms with Gasteiger partial charge in [-0.3, -0.25) is 4.79 Å². The van der Waals surface area contributed by atoms with Crippen molar-refractivity contribution in [2.75, 3.05) is 18.0 Å². The van der Waals surface area contributed by atoms with E-state index in [0.717, 1.165) is 25.1 Å². The lowest BCUT2D eigenvalue weighted by Gasteiger charge is -2.37. The number of nitrogens with zero attached hydrogens (tertiary/aromatic N) is 2. The molecule has 1 aliphatic rings. The van der Waals surface area contributed by atoms with Crippen LogP contribution in [-0.4, -0.2) is 26.1 Å². The number of halogens is 1. The Balaban J connectivity index is 1.92. The Bertz CT molecular complexity index is 1380. The normalized spacial score (nSPS) is 19.3. The maximum Gasteiger partial charge on any atom is 0.212 e. The molecule has 4 rings (SSSR count). The summed E-state index contributed by atoms with van der Waals surface area (Å²) in [4.78, 5) is 15.2. The van der Waals surface area contributed by atoms with Crippen LogP contribution in [0.4, 0.5) is 10.1 Å². The number of sulfone groups is 1. The minimum Gasteiger partial charge on any atom is -0.369 e. The molecule has 2 heterocycles. The number of benzene rings is 2. The van der Waals surface area contributed by atoms with E-state index in [0.29, 0.717) is 35.1 Å². The molecule has 0 amide bonds. The third kappa shape index (κ3) is 4.19. The van der Waals surface area contributed by atoms with Crippen molar-refractivity contribution in [2.24, 2.45) is 11.8 Å². The van der Waals surface area contributed by atoms with E-state index >= 15 is 4.39 Å². The highest BCUT2D eigenvalue weighted by molar-refractivity contribution is 7.91. The molecule has 0 aliphatic carbocycles. The van der Waals surface area contributed by atoms with Gasteiger partial charge >= 0.3 is 0 Å². The summed E-state index contributed by atoms with van der Waals surface area (Å²) in [5, 5.41) is 0.0852. The average Bonchev–Trinajstić information content (AvgIpc) is 2.72. The van der Waals surface area contributed by atoms with Gasteiger partial charge in [-0.05, 0) is 62.8 Å². The first kappa shape index (κ1) is 23.5. The second-order valence-corrected chi connectivity index (χ2v) is 11.4. The van der Waals surface area contributed by atoms with Gasteiger partial charge in [0.2, 0.25) is 15.3 Å². The van der Waals surface area contributed by atoms with Gasteiger partial charge in [-0.25, -0.2) is 12.8 Å². The van der Waals surface area contributed by atoms with E-state index in [4.69, 9.17) is 0 Å². The lowest BCUT2D eigenvalue weighted by atomic mass is 9.91. The van der Waals surface area contributed by atoms with Crippen molar-refractivity contribution in [3.63, 3.8) is 0 Å². The van der Waals surface area contributed by atoms with E-state index in [9.17, 15) is 13.2 Å². The average molecular weight is 471 g/mol. The molecule has 0 saturated carbocycles. The molecule has 176 valence electrons. The van der Waals surface area contributed by atoms with Crippen LogP contribution < -0.4 is 10.3 Å². The zero-order valence-corrected chi connectivity index (χ0v) is 20.7. The Morgan fingerprint density at radius 3 is 2.30 bits per heavy atom. The summed E-state index contributed by atoms with van der Waals surface area (Å²) in [5.74, 6) is 0.398. The first-order valence-corrected chi connectivity index (χ1v) is 12.9. The van der Waals surface area contributed by atoms with Gasteiger partial charge in [0.05, 0.1) is 21.5 Å². The maximum atomic E-state index is 15.3. The number of rotatable bonds is 4. The maximum absolute atomic E-state index is 15.3. The lowest BCUT2D eigenvalue weighted by molar-refractivity contribution is 0.354. The number of fused-ring (bicyclic) bond motifs is 1. The zero-order valence-electron chi connectivity index (χ0n) is 19.9. The van der Waals surface area contributed by atoms with E-state index in [1.165, 1.54) is 18.3 Å². The van der Waals surface area contributed by atoms with Gasteiger partial charge in [-0.15, -0.1) is 0 Å². The lowest BCUT2D eigenvalue weighted by Crippen LogP contribution is -2.39. The van der Waals surface area contributed by atoms with Crippen molar-refractivity contribution in [2.45, 2.75) is 57.4 Å². The molecule has 7 heteroatoms. The van der Waals surface area contributed by atoms with Crippen LogP contribution in [0.3, 0.4) is 0 Å². The minimum absolute atomic E-state index is 0.0852. The Hall–Kier alpha value is -2.67. The molecular formula is C26H31FN2O3S. The molecule has 0 N–H and O–H groups in total. The van der Waals surface area contributed by atoms with E-state index < -0.39 is 21.1 Å². The summed E-state index contributed by atoms with van der Waals surface area (Å²) in [5.41, 5.74) is 1.86. The van der Waals surface area contributed by atoms with Crippen LogP contribution in [-0.2, 0) is 16.4 Å². The van der Waals surface area contributed by atoms with Crippen molar-refractivity contribution in [1.29, 1.82) is 0 Å². The fraction of sp³-hybridized carbons (Fsp3) is 0.423. The highest BCUT2D eigenvalue weighted by Crippen LogP contribution is 2.32. The monoisotopic (exact) mass is 470 g/mol. The zero-order chi connectivity index (χ0) is 24.1. The highest BCUT2D eigenvalue weighted by Gasteiger charge is 2.28. The number of piperidine rings is 1. The Labute approximate surface area is 194 Å². The fourth-order valence-corrected chi connectivity index (χ4v) is 6.73. The quantitative estimate of drug-likeness (QED) is 0.533. The van der Waals surface area contributed by atoms with Crippen molar-refractivity contribution < 1.29 is 12.8 Å². The predicted octanol–water partition coefficient (Wildman–Crippen LogP) is 5.09. The number of aryl methyl sites for hydroxylation is 3. The summed E-state index contributed by atoms with van der Waals surface area (Å²) in [6.45, 7) is 11.8. The second-order valence-electron chi connectivity index (χ2n) is 9.55. The van der Waals surface area contributed by atoms with Crippen molar-refractivity contribution in [1.82, 2.24) is 4.57 Å². The molecule has 1 aromatic heterocycles. The summed E-state index contributed by atoms with van der Waals surface area (Å²) in [7, 11) is -4.07. The number of pyridine rings is 1. The van der Waals surface area contributed by atoms with Crippen LogP contribution in [0.25, 0.3) is 10.9 Å². The number of aromatic nitrogens is 1. The molecule has 5 nitrogen and oxygen atoms in total. The third-order valence-corrected chi connectivity index (χ3v) is 8.48. The number of hydrogen-bond donors (Lipinski definition) is 0. The van der Waals surface area contributed by atoms with Crippen LogP contribution in [0.5, 0.6) is 0 Å². The Morgan fingerprint density at radius 2 is 1.70 bits per heavy atom. The van der Waals surface area contributed by atoms with Gasteiger partial charge in [0.1, 0.15) is 10.7 Å². The van der Waals surface area contributed by atoms with Crippen LogP contribution in [0, 0.1) is 31.5 Å². The van der Waals surface area contributed by atoms with E-state index in [-0.39, 0.29) is 15.2 Å². The Morgan fingerprint density at radius 1 is 1.03 bits per heavy atom. The highest BCUT2D eigenvalue weighted by atomic mass is 32.2. The van der Waals surface area contributed by atoms with Crippen molar-refractivity contribution >= 4 is 26.4 Å². The largest absolute Gasteiger partial charge is 0.369 e. The van der Waals surface area contributed by atoms with Crippen molar-refractivity contribution in [3.8, 4) is 0 Å². The summed E-state index contributed by atoms with van der Waals surface area (Å²) >= 11 is 0. The first-order valence-electron chi connectivity index (χ1n) is 11.5. The number of hydrogen-bond acceptors (Lipinski definition) is 4. The van der Waals surface area contributed by atoms with Crippen molar-refractivity contribution in [3.05, 3.63) is 63.7 Å².